The molecule has 0 saturated carbocycles. The molecule has 1 aliphatic rings. The van der Waals surface area contributed by atoms with E-state index in [1.54, 1.807) is 42.5 Å². The van der Waals surface area contributed by atoms with Gasteiger partial charge in [0.05, 0.1) is 11.1 Å². The van der Waals surface area contributed by atoms with Crippen molar-refractivity contribution in [2.75, 3.05) is 6.54 Å². The fourth-order valence-corrected chi connectivity index (χ4v) is 2.86. The van der Waals surface area contributed by atoms with Crippen LogP contribution in [-0.4, -0.2) is 29.2 Å². The molecule has 5 nitrogen and oxygen atoms in total. The highest BCUT2D eigenvalue weighted by molar-refractivity contribution is 6.31. The van der Waals surface area contributed by atoms with Gasteiger partial charge in [-0.25, -0.2) is 0 Å². The van der Waals surface area contributed by atoms with Gasteiger partial charge in [-0.15, -0.1) is 0 Å². The van der Waals surface area contributed by atoms with E-state index in [9.17, 15) is 14.4 Å². The van der Waals surface area contributed by atoms with Crippen molar-refractivity contribution in [1.29, 1.82) is 0 Å². The van der Waals surface area contributed by atoms with Crippen molar-refractivity contribution in [2.45, 2.75) is 19.4 Å². The molecule has 1 heterocycles. The molecule has 1 aliphatic heterocycles. The van der Waals surface area contributed by atoms with Gasteiger partial charge in [0.1, 0.15) is 6.61 Å². The molecule has 25 heavy (non-hydrogen) atoms. The van der Waals surface area contributed by atoms with Crippen LogP contribution in [0.25, 0.3) is 0 Å². The fourth-order valence-electron chi connectivity index (χ4n) is 2.67. The minimum absolute atomic E-state index is 0.103. The van der Waals surface area contributed by atoms with E-state index in [4.69, 9.17) is 16.3 Å². The number of nitrogens with zero attached hydrogens (tertiary/aromatic N) is 1. The van der Waals surface area contributed by atoms with E-state index in [0.29, 0.717) is 22.6 Å². The number of rotatable bonds is 6. The molecule has 0 fully saturated rings. The molecule has 0 saturated heterocycles. The van der Waals surface area contributed by atoms with Gasteiger partial charge in [0, 0.05) is 23.6 Å². The van der Waals surface area contributed by atoms with Crippen LogP contribution in [0.4, 0.5) is 0 Å². The number of hydrogen-bond acceptors (Lipinski definition) is 4. The highest BCUT2D eigenvalue weighted by Gasteiger charge is 2.34. The molecule has 0 aromatic heterocycles. The average Bonchev–Trinajstić information content (AvgIpc) is 2.86. The molecular weight excluding hydrogens is 342 g/mol. The van der Waals surface area contributed by atoms with E-state index < -0.39 is 5.97 Å². The standard InChI is InChI=1S/C19H16ClNO4/c20-16-9-4-1-6-13(16)12-25-17(22)10-5-11-21-18(23)14-7-2-3-8-15(14)19(21)24/h1-4,6-9H,5,10-12H2. The maximum absolute atomic E-state index is 12.2. The van der Waals surface area contributed by atoms with Crippen molar-refractivity contribution in [2.24, 2.45) is 0 Å². The van der Waals surface area contributed by atoms with Crippen LogP contribution >= 0.6 is 11.6 Å². The maximum atomic E-state index is 12.2. The van der Waals surface area contributed by atoms with E-state index in [-0.39, 0.29) is 31.4 Å². The Hall–Kier alpha value is -2.66. The van der Waals surface area contributed by atoms with Crippen LogP contribution in [0.2, 0.25) is 5.02 Å². The Morgan fingerprint density at radius 2 is 1.56 bits per heavy atom. The Balaban J connectivity index is 1.47. The SMILES string of the molecule is O=C(CCCN1C(=O)c2ccccc2C1=O)OCc1ccccc1Cl. The number of ether oxygens (including phenoxy) is 1. The number of carbonyl (C=O) groups is 3. The molecule has 0 N–H and O–H groups in total. The molecular formula is C19H16ClNO4. The first kappa shape index (κ1) is 17.2. The van der Waals surface area contributed by atoms with Crippen molar-refractivity contribution < 1.29 is 19.1 Å². The number of benzene rings is 2. The average molecular weight is 358 g/mol. The predicted octanol–water partition coefficient (Wildman–Crippen LogP) is 3.46. The quantitative estimate of drug-likeness (QED) is 0.586. The molecule has 128 valence electrons. The first-order valence-electron chi connectivity index (χ1n) is 7.92. The molecule has 2 amide bonds. The molecule has 0 bridgehead atoms. The van der Waals surface area contributed by atoms with Crippen LogP contribution < -0.4 is 0 Å². The Morgan fingerprint density at radius 1 is 0.960 bits per heavy atom. The number of halogens is 1. The lowest BCUT2D eigenvalue weighted by atomic mass is 10.1. The second kappa shape index (κ2) is 7.49. The number of imide groups is 1. The summed E-state index contributed by atoms with van der Waals surface area (Å²) in [5.41, 5.74) is 1.56. The largest absolute Gasteiger partial charge is 0.461 e. The molecule has 0 aliphatic carbocycles. The summed E-state index contributed by atoms with van der Waals surface area (Å²) in [7, 11) is 0. The summed E-state index contributed by atoms with van der Waals surface area (Å²) in [5, 5.41) is 0.543. The topological polar surface area (TPSA) is 63.7 Å². The summed E-state index contributed by atoms with van der Waals surface area (Å²) in [6, 6.07) is 13.8. The lowest BCUT2D eigenvalue weighted by molar-refractivity contribution is -0.145. The van der Waals surface area contributed by atoms with E-state index in [1.165, 1.54) is 4.90 Å². The summed E-state index contributed by atoms with van der Waals surface area (Å²) in [4.78, 5) is 37.4. The van der Waals surface area contributed by atoms with Gasteiger partial charge < -0.3 is 4.74 Å². The van der Waals surface area contributed by atoms with Gasteiger partial charge in [0.2, 0.25) is 0 Å². The second-order valence-electron chi connectivity index (χ2n) is 5.66. The van der Waals surface area contributed by atoms with Crippen LogP contribution in [0.15, 0.2) is 48.5 Å². The van der Waals surface area contributed by atoms with Gasteiger partial charge in [-0.05, 0) is 24.6 Å². The lowest BCUT2D eigenvalue weighted by Crippen LogP contribution is -2.31. The summed E-state index contributed by atoms with van der Waals surface area (Å²) >= 11 is 6.00. The molecule has 0 atom stereocenters. The van der Waals surface area contributed by atoms with Gasteiger partial charge in [0.15, 0.2) is 0 Å². The monoisotopic (exact) mass is 357 g/mol. The zero-order valence-electron chi connectivity index (χ0n) is 13.4. The summed E-state index contributed by atoms with van der Waals surface area (Å²) < 4.78 is 5.18. The van der Waals surface area contributed by atoms with Gasteiger partial charge >= 0.3 is 5.97 Å². The molecule has 2 aromatic carbocycles. The van der Waals surface area contributed by atoms with Crippen molar-refractivity contribution in [3.63, 3.8) is 0 Å². The first-order chi connectivity index (χ1) is 12.1. The van der Waals surface area contributed by atoms with Crippen molar-refractivity contribution in [3.8, 4) is 0 Å². The summed E-state index contributed by atoms with van der Waals surface area (Å²) in [6.07, 6.45) is 0.477. The van der Waals surface area contributed by atoms with Crippen LogP contribution in [0.1, 0.15) is 39.1 Å². The highest BCUT2D eigenvalue weighted by Crippen LogP contribution is 2.22. The molecule has 0 radical (unpaired) electrons. The zero-order valence-corrected chi connectivity index (χ0v) is 14.2. The van der Waals surface area contributed by atoms with Crippen LogP contribution in [0.3, 0.4) is 0 Å². The molecule has 6 heteroatoms. The number of amides is 2. The minimum Gasteiger partial charge on any atom is -0.461 e. The molecule has 0 unspecified atom stereocenters. The number of hydrogen-bond donors (Lipinski definition) is 0. The van der Waals surface area contributed by atoms with Crippen molar-refractivity contribution >= 4 is 29.4 Å². The summed E-state index contributed by atoms with van der Waals surface area (Å²) in [5.74, 6) is -1.02. The third-order valence-electron chi connectivity index (χ3n) is 3.99. The Bertz CT molecular complexity index is 799. The number of fused-ring (bicyclic) bond motifs is 1. The third-order valence-corrected chi connectivity index (χ3v) is 4.36. The molecule has 2 aromatic rings. The zero-order chi connectivity index (χ0) is 17.8. The smallest absolute Gasteiger partial charge is 0.306 e. The molecule has 3 rings (SSSR count). The third kappa shape index (κ3) is 3.72. The molecule has 0 spiro atoms. The normalized spacial score (nSPS) is 13.1. The first-order valence-corrected chi connectivity index (χ1v) is 8.30. The Kier molecular flexibility index (Phi) is 5.14. The Morgan fingerprint density at radius 3 is 2.20 bits per heavy atom. The second-order valence-corrected chi connectivity index (χ2v) is 6.07. The fraction of sp³-hybridized carbons (Fsp3) is 0.211. The maximum Gasteiger partial charge on any atom is 0.306 e. The van der Waals surface area contributed by atoms with Crippen molar-refractivity contribution in [3.05, 3.63) is 70.2 Å². The minimum atomic E-state index is -0.392. The highest BCUT2D eigenvalue weighted by atomic mass is 35.5. The summed E-state index contributed by atoms with van der Waals surface area (Å²) in [6.45, 7) is 0.291. The predicted molar refractivity (Wildman–Crippen MR) is 92.3 cm³/mol. The van der Waals surface area contributed by atoms with Crippen LogP contribution in [-0.2, 0) is 16.1 Å². The number of esters is 1. The van der Waals surface area contributed by atoms with Crippen LogP contribution in [0.5, 0.6) is 0 Å². The van der Waals surface area contributed by atoms with Gasteiger partial charge in [-0.2, -0.15) is 0 Å². The van der Waals surface area contributed by atoms with E-state index in [1.807, 2.05) is 6.07 Å². The number of carbonyl (C=O) groups excluding carboxylic acids is 3. The van der Waals surface area contributed by atoms with Crippen molar-refractivity contribution in [1.82, 2.24) is 4.90 Å². The van der Waals surface area contributed by atoms with Gasteiger partial charge in [-0.3, -0.25) is 19.3 Å². The van der Waals surface area contributed by atoms with Gasteiger partial charge in [-0.1, -0.05) is 41.9 Å². The van der Waals surface area contributed by atoms with E-state index in [2.05, 4.69) is 0 Å². The van der Waals surface area contributed by atoms with Crippen LogP contribution in [0, 0.1) is 0 Å². The Labute approximate surface area is 150 Å². The van der Waals surface area contributed by atoms with Gasteiger partial charge in [0.25, 0.3) is 11.8 Å². The van der Waals surface area contributed by atoms with E-state index >= 15 is 0 Å². The van der Waals surface area contributed by atoms with E-state index in [0.717, 1.165) is 5.56 Å². The lowest BCUT2D eigenvalue weighted by Gasteiger charge is -2.13.